The third kappa shape index (κ3) is 3.28. The Balaban J connectivity index is 2.06. The summed E-state index contributed by atoms with van der Waals surface area (Å²) in [5.74, 6) is 0.291. The van der Waals surface area contributed by atoms with Crippen LogP contribution in [0.1, 0.15) is 5.56 Å². The van der Waals surface area contributed by atoms with Crippen molar-refractivity contribution in [3.63, 3.8) is 0 Å². The van der Waals surface area contributed by atoms with Crippen LogP contribution in [-0.2, 0) is 0 Å². The van der Waals surface area contributed by atoms with Crippen molar-refractivity contribution in [3.05, 3.63) is 55.6 Å². The molecule has 0 aliphatic heterocycles. The van der Waals surface area contributed by atoms with E-state index in [1.165, 1.54) is 12.1 Å². The Hall–Kier alpha value is -2.56. The van der Waals surface area contributed by atoms with Crippen molar-refractivity contribution >= 4 is 39.7 Å². The Labute approximate surface area is 144 Å². The lowest BCUT2D eigenvalue weighted by Crippen LogP contribution is -1.98. The van der Waals surface area contributed by atoms with Gasteiger partial charge in [-0.2, -0.15) is 5.21 Å². The number of nitro groups is 1. The molecule has 23 heavy (non-hydrogen) atoms. The second-order valence-electron chi connectivity index (χ2n) is 4.81. The SMILES string of the molecule is Cc1cc(I)ccc1Nc1ccc([N+](=O)[O-])cc1-c1nn[nH]n1. The molecular formula is C14H11IN6O2. The Morgan fingerprint density at radius 1 is 1.22 bits per heavy atom. The first-order valence-corrected chi connectivity index (χ1v) is 7.68. The zero-order chi connectivity index (χ0) is 16.4. The summed E-state index contributed by atoms with van der Waals surface area (Å²) in [7, 11) is 0. The van der Waals surface area contributed by atoms with E-state index >= 15 is 0 Å². The number of non-ortho nitro benzene ring substituents is 1. The number of aryl methyl sites for hydroxylation is 1. The molecule has 0 saturated heterocycles. The van der Waals surface area contributed by atoms with Gasteiger partial charge in [-0.15, -0.1) is 10.2 Å². The fraction of sp³-hybridized carbons (Fsp3) is 0.0714. The summed E-state index contributed by atoms with van der Waals surface area (Å²) in [6.07, 6.45) is 0. The minimum absolute atomic E-state index is 0.0327. The van der Waals surface area contributed by atoms with Crippen LogP contribution in [0.5, 0.6) is 0 Å². The average Bonchev–Trinajstić information content (AvgIpc) is 3.04. The Bertz CT molecular complexity index is 866. The van der Waals surface area contributed by atoms with Crippen LogP contribution >= 0.6 is 22.6 Å². The van der Waals surface area contributed by atoms with Crippen molar-refractivity contribution < 1.29 is 4.92 Å². The van der Waals surface area contributed by atoms with Crippen molar-refractivity contribution in [2.45, 2.75) is 6.92 Å². The van der Waals surface area contributed by atoms with Crippen LogP contribution in [0.2, 0.25) is 0 Å². The fourth-order valence-electron chi connectivity index (χ4n) is 2.13. The predicted octanol–water partition coefficient (Wildman–Crippen LogP) is 3.43. The molecule has 0 saturated carbocycles. The van der Waals surface area contributed by atoms with Crippen LogP contribution < -0.4 is 5.32 Å². The summed E-state index contributed by atoms with van der Waals surface area (Å²) in [6.45, 7) is 1.99. The number of benzene rings is 2. The molecule has 3 aromatic rings. The smallest absolute Gasteiger partial charge is 0.270 e. The lowest BCUT2D eigenvalue weighted by molar-refractivity contribution is -0.384. The molecule has 2 N–H and O–H groups in total. The van der Waals surface area contributed by atoms with Gasteiger partial charge in [0.15, 0.2) is 0 Å². The molecule has 3 rings (SSSR count). The van der Waals surface area contributed by atoms with Gasteiger partial charge in [0.05, 0.1) is 16.2 Å². The van der Waals surface area contributed by atoms with Crippen molar-refractivity contribution in [1.29, 1.82) is 0 Å². The molecule has 116 valence electrons. The quantitative estimate of drug-likeness (QED) is 0.379. The predicted molar refractivity (Wildman–Crippen MR) is 93.4 cm³/mol. The number of hydrogen-bond donors (Lipinski definition) is 2. The number of hydrogen-bond acceptors (Lipinski definition) is 6. The van der Waals surface area contributed by atoms with Crippen molar-refractivity contribution in [2.24, 2.45) is 0 Å². The van der Waals surface area contributed by atoms with E-state index < -0.39 is 4.92 Å². The zero-order valence-electron chi connectivity index (χ0n) is 11.9. The van der Waals surface area contributed by atoms with Crippen LogP contribution in [-0.4, -0.2) is 25.5 Å². The molecule has 0 bridgehead atoms. The number of halogens is 1. The third-order valence-electron chi connectivity index (χ3n) is 3.26. The first-order valence-electron chi connectivity index (χ1n) is 6.60. The van der Waals surface area contributed by atoms with Crippen molar-refractivity contribution in [2.75, 3.05) is 5.32 Å². The van der Waals surface area contributed by atoms with E-state index in [-0.39, 0.29) is 5.69 Å². The molecule has 0 aliphatic rings. The molecule has 0 amide bonds. The van der Waals surface area contributed by atoms with Gasteiger partial charge >= 0.3 is 0 Å². The minimum atomic E-state index is -0.455. The van der Waals surface area contributed by atoms with E-state index in [4.69, 9.17) is 0 Å². The maximum absolute atomic E-state index is 11.0. The molecule has 9 heteroatoms. The summed E-state index contributed by atoms with van der Waals surface area (Å²) < 4.78 is 1.13. The molecule has 2 aromatic carbocycles. The Kier molecular flexibility index (Phi) is 4.19. The molecule has 1 aromatic heterocycles. The molecule has 0 radical (unpaired) electrons. The number of nitrogens with one attached hydrogen (secondary N) is 2. The molecular weight excluding hydrogens is 411 g/mol. The molecule has 0 atom stereocenters. The minimum Gasteiger partial charge on any atom is -0.355 e. The molecule has 0 spiro atoms. The Morgan fingerprint density at radius 3 is 2.65 bits per heavy atom. The highest BCUT2D eigenvalue weighted by Crippen LogP contribution is 2.32. The van der Waals surface area contributed by atoms with E-state index in [0.29, 0.717) is 17.1 Å². The number of aromatic nitrogens is 4. The number of anilines is 2. The molecule has 8 nitrogen and oxygen atoms in total. The number of H-pyrrole nitrogens is 1. The van der Waals surface area contributed by atoms with Crippen LogP contribution in [0, 0.1) is 20.6 Å². The van der Waals surface area contributed by atoms with Gasteiger partial charge in [-0.1, -0.05) is 0 Å². The van der Waals surface area contributed by atoms with Crippen LogP contribution in [0.3, 0.4) is 0 Å². The van der Waals surface area contributed by atoms with Crippen LogP contribution in [0.15, 0.2) is 36.4 Å². The van der Waals surface area contributed by atoms with Crippen molar-refractivity contribution in [3.8, 4) is 11.4 Å². The van der Waals surface area contributed by atoms with Gasteiger partial charge in [-0.3, -0.25) is 10.1 Å². The van der Waals surface area contributed by atoms with Gasteiger partial charge < -0.3 is 5.32 Å². The molecule has 0 fully saturated rings. The number of nitrogens with zero attached hydrogens (tertiary/aromatic N) is 4. The maximum Gasteiger partial charge on any atom is 0.270 e. The maximum atomic E-state index is 11.0. The average molecular weight is 422 g/mol. The topological polar surface area (TPSA) is 110 Å². The van der Waals surface area contributed by atoms with Gasteiger partial charge in [-0.05, 0) is 64.6 Å². The highest BCUT2D eigenvalue weighted by Gasteiger charge is 2.16. The van der Waals surface area contributed by atoms with E-state index in [2.05, 4.69) is 48.5 Å². The van der Waals surface area contributed by atoms with Crippen molar-refractivity contribution in [1.82, 2.24) is 20.6 Å². The monoisotopic (exact) mass is 422 g/mol. The summed E-state index contributed by atoms with van der Waals surface area (Å²) in [5, 5.41) is 28.0. The second kappa shape index (κ2) is 6.28. The largest absolute Gasteiger partial charge is 0.355 e. The third-order valence-corrected chi connectivity index (χ3v) is 3.93. The summed E-state index contributed by atoms with van der Waals surface area (Å²) in [6, 6.07) is 10.5. The number of aromatic amines is 1. The normalized spacial score (nSPS) is 10.5. The van der Waals surface area contributed by atoms with Crippen LogP contribution in [0.25, 0.3) is 11.4 Å². The van der Waals surface area contributed by atoms with Gasteiger partial charge in [0.25, 0.3) is 5.69 Å². The second-order valence-corrected chi connectivity index (χ2v) is 6.05. The van der Waals surface area contributed by atoms with E-state index in [0.717, 1.165) is 14.8 Å². The zero-order valence-corrected chi connectivity index (χ0v) is 14.1. The lowest BCUT2D eigenvalue weighted by Gasteiger charge is -2.12. The van der Waals surface area contributed by atoms with Gasteiger partial charge in [0.1, 0.15) is 0 Å². The number of nitro benzene ring substituents is 1. The first-order chi connectivity index (χ1) is 11.0. The molecule has 0 aliphatic carbocycles. The van der Waals surface area contributed by atoms with E-state index in [1.54, 1.807) is 6.07 Å². The number of rotatable bonds is 4. The fourth-order valence-corrected chi connectivity index (χ4v) is 2.78. The molecule has 0 unspecified atom stereocenters. The first kappa shape index (κ1) is 15.3. The summed E-state index contributed by atoms with van der Waals surface area (Å²) in [5.41, 5.74) is 3.11. The van der Waals surface area contributed by atoms with Gasteiger partial charge in [-0.25, -0.2) is 0 Å². The highest BCUT2D eigenvalue weighted by molar-refractivity contribution is 14.1. The number of tetrazole rings is 1. The summed E-state index contributed by atoms with van der Waals surface area (Å²) >= 11 is 2.24. The van der Waals surface area contributed by atoms with E-state index in [1.807, 2.05) is 25.1 Å². The van der Waals surface area contributed by atoms with Gasteiger partial charge in [0, 0.05) is 21.4 Å². The van der Waals surface area contributed by atoms with Crippen LogP contribution in [0.4, 0.5) is 17.1 Å². The summed E-state index contributed by atoms with van der Waals surface area (Å²) in [4.78, 5) is 10.5. The van der Waals surface area contributed by atoms with E-state index in [9.17, 15) is 10.1 Å². The Morgan fingerprint density at radius 2 is 2.00 bits per heavy atom. The standard InChI is InChI=1S/C14H11IN6O2/c1-8-6-9(15)2-4-12(8)16-13-5-3-10(21(22)23)7-11(13)14-17-19-20-18-14/h2-7,16H,1H3,(H,17,18,19,20). The lowest BCUT2D eigenvalue weighted by atomic mass is 10.1. The highest BCUT2D eigenvalue weighted by atomic mass is 127. The van der Waals surface area contributed by atoms with Gasteiger partial charge in [0.2, 0.25) is 5.82 Å². The molecule has 1 heterocycles.